The van der Waals surface area contributed by atoms with Crippen LogP contribution in [0.1, 0.15) is 42.0 Å². The molecule has 11 heteroatoms. The second-order valence-electron chi connectivity index (χ2n) is 6.67. The predicted octanol–water partition coefficient (Wildman–Crippen LogP) is -1.05. The minimum absolute atomic E-state index is 0. The van der Waals surface area contributed by atoms with Crippen LogP contribution in [-0.2, 0) is 38.7 Å². The van der Waals surface area contributed by atoms with Crippen molar-refractivity contribution in [3.8, 4) is 0 Å². The van der Waals surface area contributed by atoms with Crippen molar-refractivity contribution >= 4 is 28.0 Å². The third kappa shape index (κ3) is 10.9. The van der Waals surface area contributed by atoms with Gasteiger partial charge in [0.15, 0.2) is 0 Å². The summed E-state index contributed by atoms with van der Waals surface area (Å²) >= 11 is 0. The third-order valence-corrected chi connectivity index (χ3v) is 4.93. The summed E-state index contributed by atoms with van der Waals surface area (Å²) in [7, 11) is -4.40. The van der Waals surface area contributed by atoms with Crippen LogP contribution in [0.4, 0.5) is 0 Å². The van der Waals surface area contributed by atoms with Gasteiger partial charge in [0.2, 0.25) is 0 Å². The maximum Gasteiger partial charge on any atom is 1.00 e. The molecule has 0 aromatic heterocycles. The van der Waals surface area contributed by atoms with Gasteiger partial charge in [0, 0.05) is 11.1 Å². The number of hydrogen-bond donors (Lipinski definition) is 1. The van der Waals surface area contributed by atoms with Gasteiger partial charge in [-0.25, -0.2) is 9.59 Å². The van der Waals surface area contributed by atoms with E-state index in [9.17, 15) is 22.8 Å². The summed E-state index contributed by atoms with van der Waals surface area (Å²) < 4.78 is 46.4. The minimum Gasteiger partial charge on any atom is -1.00 e. The van der Waals surface area contributed by atoms with E-state index in [2.05, 4.69) is 13.2 Å². The summed E-state index contributed by atoms with van der Waals surface area (Å²) in [6, 6.07) is 0. The number of carbonyl (C=O) groups excluding carboxylic acids is 3. The largest absolute Gasteiger partial charge is 1.00 e. The van der Waals surface area contributed by atoms with Crippen molar-refractivity contribution in [2.75, 3.05) is 19.8 Å². The van der Waals surface area contributed by atoms with Crippen LogP contribution >= 0.6 is 0 Å². The van der Waals surface area contributed by atoms with E-state index in [1.165, 1.54) is 13.8 Å². The van der Waals surface area contributed by atoms with Gasteiger partial charge in [0.25, 0.3) is 10.1 Å². The summed E-state index contributed by atoms with van der Waals surface area (Å²) in [5, 5.41) is -1.35. The van der Waals surface area contributed by atoms with E-state index in [1.807, 2.05) is 0 Å². The topological polar surface area (TPSA) is 133 Å². The van der Waals surface area contributed by atoms with Crippen molar-refractivity contribution in [1.29, 1.82) is 0 Å². The first kappa shape index (κ1) is 30.6. The Morgan fingerprint density at radius 3 is 1.76 bits per heavy atom. The molecule has 0 rings (SSSR count). The third-order valence-electron chi connectivity index (χ3n) is 3.78. The minimum atomic E-state index is -4.40. The average molecular weight is 461 g/mol. The van der Waals surface area contributed by atoms with Crippen LogP contribution in [0.5, 0.6) is 0 Å². The molecule has 9 nitrogen and oxygen atoms in total. The SMILES string of the molecule is C=C(C)C(=O)OCC(CCC)(COC(=O)C(=C)C)C(=O)OCC(C)S(=O)(=O)O.[H-].[K+]. The summed E-state index contributed by atoms with van der Waals surface area (Å²) in [6.07, 6.45) is 0.567. The number of rotatable bonds is 12. The maximum absolute atomic E-state index is 12.7. The molecule has 0 amide bonds. The molecule has 0 aliphatic heterocycles. The molecule has 0 bridgehead atoms. The van der Waals surface area contributed by atoms with E-state index in [4.69, 9.17) is 18.8 Å². The van der Waals surface area contributed by atoms with Gasteiger partial charge in [0.1, 0.15) is 30.5 Å². The van der Waals surface area contributed by atoms with Gasteiger partial charge < -0.3 is 15.6 Å². The zero-order valence-electron chi connectivity index (χ0n) is 18.6. The number of carbonyl (C=O) groups is 3. The molecule has 0 aliphatic carbocycles. The zero-order chi connectivity index (χ0) is 22.1. The average Bonchev–Trinajstić information content (AvgIpc) is 2.59. The monoisotopic (exact) mass is 460 g/mol. The molecule has 0 fully saturated rings. The molecule has 1 atom stereocenters. The molecule has 0 heterocycles. The van der Waals surface area contributed by atoms with Gasteiger partial charge in [-0.05, 0) is 27.2 Å². The van der Waals surface area contributed by atoms with Gasteiger partial charge in [0.05, 0.1) is 0 Å². The first-order chi connectivity index (χ1) is 12.8. The van der Waals surface area contributed by atoms with Gasteiger partial charge in [-0.1, -0.05) is 26.5 Å². The van der Waals surface area contributed by atoms with Crippen LogP contribution in [0.3, 0.4) is 0 Å². The number of hydrogen-bond acceptors (Lipinski definition) is 8. The van der Waals surface area contributed by atoms with Gasteiger partial charge in [-0.15, -0.1) is 0 Å². The molecule has 0 saturated carbocycles. The first-order valence-electron chi connectivity index (χ1n) is 8.55. The Bertz CT molecular complexity index is 704. The molecular formula is C18H29KO9S. The van der Waals surface area contributed by atoms with E-state index in [0.717, 1.165) is 6.92 Å². The first-order valence-corrected chi connectivity index (χ1v) is 10.1. The molecule has 0 aliphatic rings. The molecule has 162 valence electrons. The van der Waals surface area contributed by atoms with E-state index in [-0.39, 0.29) is 70.4 Å². The molecular weight excluding hydrogens is 431 g/mol. The van der Waals surface area contributed by atoms with Crippen molar-refractivity contribution in [2.24, 2.45) is 5.41 Å². The predicted molar refractivity (Wildman–Crippen MR) is 102 cm³/mol. The second kappa shape index (κ2) is 13.7. The fourth-order valence-electron chi connectivity index (χ4n) is 1.97. The van der Waals surface area contributed by atoms with Crippen molar-refractivity contribution in [2.45, 2.75) is 45.8 Å². The standard InChI is InChI=1S/C18H28O9S.K.H/c1-7-8-18(10-26-15(19)12(2)3,11-27-16(20)13(4)5)17(21)25-9-14(6)28(22,23)24;;/h14H,2,4,7-11H2,1,3,5-6H3,(H,22,23,24);;/q;+1;-1. The molecule has 29 heavy (non-hydrogen) atoms. The fourth-order valence-corrected chi connectivity index (χ4v) is 2.21. The fraction of sp³-hybridized carbons (Fsp3) is 0.611. The Balaban J connectivity index is -0.00000364. The number of ether oxygens (including phenoxy) is 3. The smallest absolute Gasteiger partial charge is 1.00 e. The Morgan fingerprint density at radius 1 is 1.03 bits per heavy atom. The van der Waals surface area contributed by atoms with E-state index in [1.54, 1.807) is 6.92 Å². The van der Waals surface area contributed by atoms with Crippen LogP contribution < -0.4 is 51.4 Å². The van der Waals surface area contributed by atoms with Crippen LogP contribution in [0.15, 0.2) is 24.3 Å². The number of esters is 3. The quantitative estimate of drug-likeness (QED) is 0.127. The van der Waals surface area contributed by atoms with Crippen LogP contribution in [0.25, 0.3) is 0 Å². The normalized spacial score (nSPS) is 12.2. The van der Waals surface area contributed by atoms with Crippen LogP contribution in [-0.4, -0.2) is 55.9 Å². The maximum atomic E-state index is 12.7. The Kier molecular flexibility index (Phi) is 14.5. The molecule has 0 aromatic rings. The summed E-state index contributed by atoms with van der Waals surface area (Å²) in [5.41, 5.74) is -1.33. The molecule has 0 aromatic carbocycles. The van der Waals surface area contributed by atoms with E-state index in [0.29, 0.717) is 6.42 Å². The van der Waals surface area contributed by atoms with Gasteiger partial charge in [-0.2, -0.15) is 8.42 Å². The summed E-state index contributed by atoms with van der Waals surface area (Å²) in [6.45, 7) is 11.1. The Labute approximate surface area is 215 Å². The molecule has 0 spiro atoms. The molecule has 1 unspecified atom stereocenters. The molecule has 1 N–H and O–H groups in total. The van der Waals surface area contributed by atoms with E-state index < -0.39 is 58.5 Å². The molecule has 0 saturated heterocycles. The molecule has 0 radical (unpaired) electrons. The van der Waals surface area contributed by atoms with Crippen molar-refractivity contribution in [3.05, 3.63) is 24.3 Å². The van der Waals surface area contributed by atoms with Crippen molar-refractivity contribution in [1.82, 2.24) is 0 Å². The van der Waals surface area contributed by atoms with Crippen molar-refractivity contribution < 1.29 is 94.4 Å². The van der Waals surface area contributed by atoms with Crippen LogP contribution in [0, 0.1) is 5.41 Å². The van der Waals surface area contributed by atoms with E-state index >= 15 is 0 Å². The van der Waals surface area contributed by atoms with Gasteiger partial charge >= 0.3 is 69.3 Å². The second-order valence-corrected chi connectivity index (χ2v) is 8.50. The summed E-state index contributed by atoms with van der Waals surface area (Å²) in [5.74, 6) is -2.41. The zero-order valence-corrected chi connectivity index (χ0v) is 21.6. The van der Waals surface area contributed by atoms with Crippen LogP contribution in [0.2, 0.25) is 0 Å². The Hall–Kier alpha value is -0.564. The van der Waals surface area contributed by atoms with Crippen molar-refractivity contribution in [3.63, 3.8) is 0 Å². The van der Waals surface area contributed by atoms with Gasteiger partial charge in [-0.3, -0.25) is 9.35 Å². The summed E-state index contributed by atoms with van der Waals surface area (Å²) in [4.78, 5) is 36.2. The Morgan fingerprint density at radius 2 is 1.45 bits per heavy atom.